The predicted molar refractivity (Wildman–Crippen MR) is 63.5 cm³/mol. The van der Waals surface area contributed by atoms with Crippen LogP contribution in [0.1, 0.15) is 52.4 Å². The maximum Gasteiger partial charge on any atom is 0.154 e. The van der Waals surface area contributed by atoms with Crippen molar-refractivity contribution in [2.45, 2.75) is 63.2 Å². The van der Waals surface area contributed by atoms with Gasteiger partial charge in [-0.1, -0.05) is 25.7 Å². The van der Waals surface area contributed by atoms with Crippen LogP contribution in [-0.2, 0) is 9.84 Å². The van der Waals surface area contributed by atoms with Crippen LogP contribution >= 0.6 is 0 Å². The molecule has 0 atom stereocenters. The highest BCUT2D eigenvalue weighted by atomic mass is 32.2. The first kappa shape index (κ1) is 13.0. The van der Waals surface area contributed by atoms with Crippen molar-refractivity contribution in [2.75, 3.05) is 5.75 Å². The molecule has 0 aromatic carbocycles. The largest absolute Gasteiger partial charge is 0.325 e. The Balaban J connectivity index is 2.67. The van der Waals surface area contributed by atoms with Gasteiger partial charge in [0.15, 0.2) is 9.84 Å². The van der Waals surface area contributed by atoms with E-state index in [0.717, 1.165) is 25.7 Å². The minimum absolute atomic E-state index is 0.116. The number of hydrogen-bond acceptors (Lipinski definition) is 3. The van der Waals surface area contributed by atoms with Crippen LogP contribution in [0.4, 0.5) is 0 Å². The van der Waals surface area contributed by atoms with Gasteiger partial charge in [-0.15, -0.1) is 0 Å². The molecule has 0 unspecified atom stereocenters. The van der Waals surface area contributed by atoms with Gasteiger partial charge in [0.25, 0.3) is 0 Å². The lowest BCUT2D eigenvalue weighted by Crippen LogP contribution is -2.42. The topological polar surface area (TPSA) is 60.2 Å². The maximum absolute atomic E-state index is 12.1. The van der Waals surface area contributed by atoms with Crippen LogP contribution < -0.4 is 5.73 Å². The summed E-state index contributed by atoms with van der Waals surface area (Å²) in [6, 6.07) is 0. The highest BCUT2D eigenvalue weighted by Gasteiger charge is 2.30. The minimum atomic E-state index is -2.99. The van der Waals surface area contributed by atoms with Crippen LogP contribution in [0.5, 0.6) is 0 Å². The third kappa shape index (κ3) is 4.51. The van der Waals surface area contributed by atoms with Crippen molar-refractivity contribution >= 4 is 9.84 Å². The second-order valence-electron chi connectivity index (χ2n) is 5.41. The van der Waals surface area contributed by atoms with Crippen LogP contribution in [0, 0.1) is 0 Å². The van der Waals surface area contributed by atoms with Gasteiger partial charge in [-0.25, -0.2) is 8.42 Å². The Morgan fingerprint density at radius 2 is 1.60 bits per heavy atom. The van der Waals surface area contributed by atoms with E-state index in [1.54, 1.807) is 13.8 Å². The Labute approximate surface area is 93.3 Å². The molecular formula is C11H23NO2S. The first-order valence-corrected chi connectivity index (χ1v) is 7.53. The average Bonchev–Trinajstić information content (AvgIpc) is 2.25. The molecule has 0 aliphatic heterocycles. The third-order valence-corrected chi connectivity index (χ3v) is 5.52. The second-order valence-corrected chi connectivity index (χ2v) is 7.69. The van der Waals surface area contributed by atoms with Crippen LogP contribution in [-0.4, -0.2) is 25.0 Å². The van der Waals surface area contributed by atoms with Crippen molar-refractivity contribution < 1.29 is 8.42 Å². The third-order valence-electron chi connectivity index (χ3n) is 2.88. The summed E-state index contributed by atoms with van der Waals surface area (Å²) in [5.41, 5.74) is 5.18. The summed E-state index contributed by atoms with van der Waals surface area (Å²) >= 11 is 0. The Bertz CT molecular complexity index is 282. The lowest BCUT2D eigenvalue weighted by atomic mass is 10.1. The van der Waals surface area contributed by atoms with E-state index in [1.165, 1.54) is 12.8 Å². The van der Waals surface area contributed by atoms with Crippen LogP contribution in [0.25, 0.3) is 0 Å². The standard InChI is InChI=1S/C11H23NO2S/c1-11(2,12)9-15(13,14)10-7-5-3-4-6-8-10/h10H,3-9,12H2,1-2H3. The molecule has 1 aliphatic rings. The molecule has 0 aromatic rings. The molecule has 0 spiro atoms. The van der Waals surface area contributed by atoms with Gasteiger partial charge in [-0.2, -0.15) is 0 Å². The number of sulfone groups is 1. The molecule has 90 valence electrons. The first-order chi connectivity index (χ1) is 6.81. The molecule has 1 rings (SSSR count). The molecule has 0 radical (unpaired) electrons. The van der Waals surface area contributed by atoms with Gasteiger partial charge in [-0.05, 0) is 26.7 Å². The van der Waals surface area contributed by atoms with E-state index in [2.05, 4.69) is 0 Å². The van der Waals surface area contributed by atoms with E-state index in [-0.39, 0.29) is 11.0 Å². The van der Waals surface area contributed by atoms with Gasteiger partial charge >= 0.3 is 0 Å². The molecule has 1 fully saturated rings. The SMILES string of the molecule is CC(C)(N)CS(=O)(=O)C1CCCCCC1. The van der Waals surface area contributed by atoms with Gasteiger partial charge in [0.2, 0.25) is 0 Å². The summed E-state index contributed by atoms with van der Waals surface area (Å²) in [4.78, 5) is 0. The molecule has 1 saturated carbocycles. The van der Waals surface area contributed by atoms with Crippen molar-refractivity contribution in [3.63, 3.8) is 0 Å². The van der Waals surface area contributed by atoms with Crippen molar-refractivity contribution in [1.29, 1.82) is 0 Å². The lowest BCUT2D eigenvalue weighted by Gasteiger charge is -2.22. The zero-order valence-electron chi connectivity index (χ0n) is 9.83. The number of rotatable bonds is 3. The zero-order valence-corrected chi connectivity index (χ0v) is 10.6. The van der Waals surface area contributed by atoms with Crippen molar-refractivity contribution in [3.05, 3.63) is 0 Å². The lowest BCUT2D eigenvalue weighted by molar-refractivity contribution is 0.525. The molecule has 0 saturated heterocycles. The number of hydrogen-bond donors (Lipinski definition) is 1. The maximum atomic E-state index is 12.1. The van der Waals surface area contributed by atoms with Gasteiger partial charge < -0.3 is 5.73 Å². The fourth-order valence-corrected chi connectivity index (χ4v) is 4.56. The van der Waals surface area contributed by atoms with Gasteiger partial charge in [-0.3, -0.25) is 0 Å². The first-order valence-electron chi connectivity index (χ1n) is 5.82. The summed E-state index contributed by atoms with van der Waals surface area (Å²) in [5.74, 6) is 0.116. The summed E-state index contributed by atoms with van der Waals surface area (Å²) in [6.07, 6.45) is 6.12. The Morgan fingerprint density at radius 3 is 2.00 bits per heavy atom. The van der Waals surface area contributed by atoms with Crippen molar-refractivity contribution in [2.24, 2.45) is 5.73 Å². The molecule has 0 bridgehead atoms. The van der Waals surface area contributed by atoms with Crippen LogP contribution in [0.2, 0.25) is 0 Å². The normalized spacial score (nSPS) is 21.3. The van der Waals surface area contributed by atoms with Gasteiger partial charge in [0.05, 0.1) is 11.0 Å². The van der Waals surface area contributed by atoms with Crippen LogP contribution in [0.3, 0.4) is 0 Å². The molecule has 0 aromatic heterocycles. The predicted octanol–water partition coefficient (Wildman–Crippen LogP) is 1.86. The Hall–Kier alpha value is -0.0900. The van der Waals surface area contributed by atoms with Gasteiger partial charge in [0.1, 0.15) is 0 Å². The molecular weight excluding hydrogens is 210 g/mol. The second kappa shape index (κ2) is 4.83. The molecule has 4 heteroatoms. The molecule has 3 nitrogen and oxygen atoms in total. The Kier molecular flexibility index (Phi) is 4.18. The minimum Gasteiger partial charge on any atom is -0.325 e. The smallest absolute Gasteiger partial charge is 0.154 e. The van der Waals surface area contributed by atoms with Crippen LogP contribution in [0.15, 0.2) is 0 Å². The van der Waals surface area contributed by atoms with E-state index in [0.29, 0.717) is 0 Å². The summed E-state index contributed by atoms with van der Waals surface area (Å²) in [6.45, 7) is 3.56. The molecule has 2 N–H and O–H groups in total. The van der Waals surface area contributed by atoms with E-state index < -0.39 is 15.4 Å². The average molecular weight is 233 g/mol. The zero-order chi connectivity index (χ0) is 11.5. The quantitative estimate of drug-likeness (QED) is 0.757. The Morgan fingerprint density at radius 1 is 1.13 bits per heavy atom. The summed E-state index contributed by atoms with van der Waals surface area (Å²) < 4.78 is 24.1. The molecule has 1 aliphatic carbocycles. The fraction of sp³-hybridized carbons (Fsp3) is 1.00. The van der Waals surface area contributed by atoms with Crippen molar-refractivity contribution in [1.82, 2.24) is 0 Å². The fourth-order valence-electron chi connectivity index (χ4n) is 2.24. The highest BCUT2D eigenvalue weighted by molar-refractivity contribution is 7.92. The number of nitrogens with two attached hydrogens (primary N) is 1. The summed E-state index contributed by atoms with van der Waals surface area (Å²) in [7, 11) is -2.99. The monoisotopic (exact) mass is 233 g/mol. The molecule has 0 amide bonds. The summed E-state index contributed by atoms with van der Waals surface area (Å²) in [5, 5.41) is -0.136. The van der Waals surface area contributed by atoms with E-state index in [1.807, 2.05) is 0 Å². The molecule has 15 heavy (non-hydrogen) atoms. The van der Waals surface area contributed by atoms with Crippen molar-refractivity contribution in [3.8, 4) is 0 Å². The van der Waals surface area contributed by atoms with Gasteiger partial charge in [0, 0.05) is 5.54 Å². The molecule has 0 heterocycles. The highest BCUT2D eigenvalue weighted by Crippen LogP contribution is 2.24. The van der Waals surface area contributed by atoms with E-state index >= 15 is 0 Å². The van der Waals surface area contributed by atoms with E-state index in [4.69, 9.17) is 5.73 Å². The van der Waals surface area contributed by atoms with E-state index in [9.17, 15) is 8.42 Å².